The number of hydrogen-bond acceptors (Lipinski definition) is 3. The third-order valence-electron chi connectivity index (χ3n) is 2.80. The molecule has 0 saturated heterocycles. The second kappa shape index (κ2) is 5.93. The van der Waals surface area contributed by atoms with Crippen LogP contribution in [0.1, 0.15) is 11.1 Å². The minimum Gasteiger partial charge on any atom is -0.489 e. The van der Waals surface area contributed by atoms with Crippen molar-refractivity contribution in [2.24, 2.45) is 10.2 Å². The fourth-order valence-corrected chi connectivity index (χ4v) is 2.26. The Morgan fingerprint density at radius 2 is 2.05 bits per heavy atom. The lowest BCUT2D eigenvalue weighted by molar-refractivity contribution is 0.219. The van der Waals surface area contributed by atoms with Crippen molar-refractivity contribution in [2.75, 3.05) is 13.2 Å². The SMILES string of the molecule is C=CCN1C(=S)N=NC1COc1cc(C)cc(C)c1. The van der Waals surface area contributed by atoms with Gasteiger partial charge in [0, 0.05) is 6.54 Å². The first-order valence-corrected chi connectivity index (χ1v) is 6.54. The van der Waals surface area contributed by atoms with Gasteiger partial charge in [-0.25, -0.2) is 0 Å². The summed E-state index contributed by atoms with van der Waals surface area (Å²) in [6, 6.07) is 6.13. The van der Waals surface area contributed by atoms with Crippen LogP contribution in [0, 0.1) is 13.8 Å². The second-order valence-corrected chi connectivity index (χ2v) is 4.92. The molecule has 2 rings (SSSR count). The van der Waals surface area contributed by atoms with Gasteiger partial charge >= 0.3 is 0 Å². The second-order valence-electron chi connectivity index (χ2n) is 4.55. The molecule has 0 saturated carbocycles. The van der Waals surface area contributed by atoms with E-state index in [1.807, 2.05) is 30.9 Å². The molecule has 0 aliphatic carbocycles. The number of hydrogen-bond donors (Lipinski definition) is 0. The summed E-state index contributed by atoms with van der Waals surface area (Å²) in [6.07, 6.45) is 1.62. The average Bonchev–Trinajstić information content (AvgIpc) is 2.68. The molecule has 1 atom stereocenters. The fraction of sp³-hybridized carbons (Fsp3) is 0.357. The summed E-state index contributed by atoms with van der Waals surface area (Å²) >= 11 is 5.12. The largest absolute Gasteiger partial charge is 0.489 e. The molecule has 1 aromatic carbocycles. The van der Waals surface area contributed by atoms with Gasteiger partial charge in [0.05, 0.1) is 0 Å². The maximum atomic E-state index is 5.79. The maximum Gasteiger partial charge on any atom is 0.218 e. The summed E-state index contributed by atoms with van der Waals surface area (Å²) < 4.78 is 5.79. The minimum atomic E-state index is -0.161. The molecule has 0 spiro atoms. The van der Waals surface area contributed by atoms with Gasteiger partial charge in [0.2, 0.25) is 5.11 Å². The van der Waals surface area contributed by atoms with Gasteiger partial charge in [0.1, 0.15) is 12.4 Å². The van der Waals surface area contributed by atoms with Crippen LogP contribution in [0.3, 0.4) is 0 Å². The Hall–Kier alpha value is -1.75. The molecule has 100 valence electrons. The number of benzene rings is 1. The fourth-order valence-electron chi connectivity index (χ4n) is 2.01. The van der Waals surface area contributed by atoms with Gasteiger partial charge in [-0.2, -0.15) is 5.11 Å². The highest BCUT2D eigenvalue weighted by Gasteiger charge is 2.25. The highest BCUT2D eigenvalue weighted by atomic mass is 32.1. The molecule has 1 heterocycles. The smallest absolute Gasteiger partial charge is 0.218 e. The Bertz CT molecular complexity index is 507. The molecule has 1 aliphatic heterocycles. The lowest BCUT2D eigenvalue weighted by Gasteiger charge is -2.21. The zero-order valence-electron chi connectivity index (χ0n) is 11.2. The number of aryl methyl sites for hydroxylation is 2. The van der Waals surface area contributed by atoms with Gasteiger partial charge in [0.25, 0.3) is 0 Å². The maximum absolute atomic E-state index is 5.79. The molecule has 1 unspecified atom stereocenters. The molecular formula is C14H17N3OS. The quantitative estimate of drug-likeness (QED) is 0.611. The van der Waals surface area contributed by atoms with Crippen molar-refractivity contribution in [3.63, 3.8) is 0 Å². The minimum absolute atomic E-state index is 0.161. The van der Waals surface area contributed by atoms with E-state index in [9.17, 15) is 0 Å². The van der Waals surface area contributed by atoms with E-state index >= 15 is 0 Å². The van der Waals surface area contributed by atoms with Crippen LogP contribution in [0.15, 0.2) is 41.1 Å². The summed E-state index contributed by atoms with van der Waals surface area (Å²) in [5.74, 6) is 0.851. The predicted molar refractivity (Wildman–Crippen MR) is 79.6 cm³/mol. The summed E-state index contributed by atoms with van der Waals surface area (Å²) in [5.41, 5.74) is 2.36. The molecule has 19 heavy (non-hydrogen) atoms. The van der Waals surface area contributed by atoms with Gasteiger partial charge in [-0.1, -0.05) is 12.1 Å². The van der Waals surface area contributed by atoms with Crippen molar-refractivity contribution in [1.82, 2.24) is 4.90 Å². The van der Waals surface area contributed by atoms with Crippen molar-refractivity contribution in [3.05, 3.63) is 42.0 Å². The first kappa shape index (κ1) is 13.7. The lowest BCUT2D eigenvalue weighted by atomic mass is 10.1. The van der Waals surface area contributed by atoms with E-state index < -0.39 is 0 Å². The van der Waals surface area contributed by atoms with Gasteiger partial charge < -0.3 is 9.64 Å². The monoisotopic (exact) mass is 275 g/mol. The van der Waals surface area contributed by atoms with E-state index in [4.69, 9.17) is 17.0 Å². The Labute approximate surface area is 118 Å². The van der Waals surface area contributed by atoms with Crippen molar-refractivity contribution < 1.29 is 4.74 Å². The molecule has 5 heteroatoms. The van der Waals surface area contributed by atoms with Crippen molar-refractivity contribution >= 4 is 17.3 Å². The number of azo groups is 1. The summed E-state index contributed by atoms with van der Waals surface area (Å²) in [7, 11) is 0. The van der Waals surface area contributed by atoms with Gasteiger partial charge in [0.15, 0.2) is 6.17 Å². The summed E-state index contributed by atoms with van der Waals surface area (Å²) in [5, 5.41) is 8.53. The number of nitrogens with zero attached hydrogens (tertiary/aromatic N) is 3. The van der Waals surface area contributed by atoms with Crippen LogP contribution in [0.4, 0.5) is 0 Å². The van der Waals surface area contributed by atoms with Crippen LogP contribution in [-0.2, 0) is 0 Å². The molecule has 0 radical (unpaired) electrons. The van der Waals surface area contributed by atoms with E-state index in [2.05, 4.69) is 22.9 Å². The van der Waals surface area contributed by atoms with E-state index in [1.54, 1.807) is 6.08 Å². The molecule has 0 fully saturated rings. The molecule has 0 N–H and O–H groups in total. The van der Waals surface area contributed by atoms with Gasteiger partial charge in [-0.15, -0.1) is 11.7 Å². The Balaban J connectivity index is 2.00. The topological polar surface area (TPSA) is 37.2 Å². The number of ether oxygens (including phenoxy) is 1. The molecule has 1 aliphatic rings. The van der Waals surface area contributed by atoms with Crippen LogP contribution < -0.4 is 4.74 Å². The summed E-state index contributed by atoms with van der Waals surface area (Å²) in [4.78, 5) is 1.89. The van der Waals surface area contributed by atoms with Crippen LogP contribution in [0.25, 0.3) is 0 Å². The first-order valence-electron chi connectivity index (χ1n) is 6.13. The predicted octanol–water partition coefficient (Wildman–Crippen LogP) is 3.25. The molecule has 1 aromatic rings. The van der Waals surface area contributed by atoms with Crippen LogP contribution >= 0.6 is 12.2 Å². The standard InChI is InChI=1S/C14H17N3OS/c1-4-5-17-13(15-16-14(17)19)9-18-12-7-10(2)6-11(3)8-12/h4,6-8,13H,1,5,9H2,2-3H3. The van der Waals surface area contributed by atoms with Crippen molar-refractivity contribution in [2.45, 2.75) is 20.0 Å². The Kier molecular flexibility index (Phi) is 4.27. The van der Waals surface area contributed by atoms with Gasteiger partial charge in [-0.3, -0.25) is 0 Å². The Morgan fingerprint density at radius 1 is 1.37 bits per heavy atom. The molecular weight excluding hydrogens is 258 g/mol. The van der Waals surface area contributed by atoms with E-state index in [0.29, 0.717) is 18.3 Å². The highest BCUT2D eigenvalue weighted by molar-refractivity contribution is 7.80. The molecule has 0 aromatic heterocycles. The van der Waals surface area contributed by atoms with E-state index in [0.717, 1.165) is 5.75 Å². The van der Waals surface area contributed by atoms with Gasteiger partial charge in [-0.05, 0) is 49.3 Å². The highest BCUT2D eigenvalue weighted by Crippen LogP contribution is 2.19. The third-order valence-corrected chi connectivity index (χ3v) is 3.12. The first-order chi connectivity index (χ1) is 9.10. The van der Waals surface area contributed by atoms with Crippen molar-refractivity contribution in [1.29, 1.82) is 0 Å². The third kappa shape index (κ3) is 3.38. The molecule has 0 amide bonds. The zero-order valence-corrected chi connectivity index (χ0v) is 12.0. The Morgan fingerprint density at radius 3 is 2.68 bits per heavy atom. The molecule has 4 nitrogen and oxygen atoms in total. The van der Waals surface area contributed by atoms with E-state index in [-0.39, 0.29) is 6.17 Å². The lowest BCUT2D eigenvalue weighted by Crippen LogP contribution is -2.36. The number of rotatable bonds is 5. The summed E-state index contributed by atoms with van der Waals surface area (Å²) in [6.45, 7) is 8.87. The van der Waals surface area contributed by atoms with E-state index in [1.165, 1.54) is 11.1 Å². The van der Waals surface area contributed by atoms with Crippen LogP contribution in [0.5, 0.6) is 5.75 Å². The van der Waals surface area contributed by atoms with Crippen molar-refractivity contribution in [3.8, 4) is 5.75 Å². The average molecular weight is 275 g/mol. The molecule has 0 bridgehead atoms. The van der Waals surface area contributed by atoms with Crippen LogP contribution in [0.2, 0.25) is 0 Å². The number of thiocarbonyl (C=S) groups is 1. The normalized spacial score (nSPS) is 17.9. The zero-order chi connectivity index (χ0) is 13.8. The van der Waals surface area contributed by atoms with Crippen LogP contribution in [-0.4, -0.2) is 29.3 Å².